The standard InChI is InChI=1S/C27H31NO10/c1-10-22(30)14(28)7-17(37-10)38-16-9-27(35,11(2)29)8-13-19(16)26(34)21-20(24(13)32)23(31)12-5-4-6-15(36-3)18(12)25(21)33/h4-6,10-11,14,16-17,22,29-30,32,34-35H,7-9,28H2,1-3H3/t10-,11?,14-,16?,17-,22+,27?/m0/s1. The monoisotopic (exact) mass is 529 g/mol. The molecule has 0 amide bonds. The van der Waals surface area contributed by atoms with Crippen molar-refractivity contribution in [1.82, 2.24) is 0 Å². The van der Waals surface area contributed by atoms with E-state index < -0.39 is 76.5 Å². The minimum atomic E-state index is -1.80. The van der Waals surface area contributed by atoms with Crippen molar-refractivity contribution in [2.45, 2.75) is 75.5 Å². The lowest BCUT2D eigenvalue weighted by Gasteiger charge is -2.43. The van der Waals surface area contributed by atoms with Gasteiger partial charge in [0.1, 0.15) is 17.2 Å². The molecule has 0 bridgehead atoms. The van der Waals surface area contributed by atoms with E-state index in [0.29, 0.717) is 0 Å². The first-order valence-electron chi connectivity index (χ1n) is 12.4. The zero-order valence-electron chi connectivity index (χ0n) is 21.2. The van der Waals surface area contributed by atoms with E-state index in [-0.39, 0.29) is 47.3 Å². The molecule has 3 aliphatic rings. The van der Waals surface area contributed by atoms with Crippen molar-refractivity contribution in [3.8, 4) is 17.2 Å². The Morgan fingerprint density at radius 2 is 1.82 bits per heavy atom. The molecule has 7 N–H and O–H groups in total. The van der Waals surface area contributed by atoms with E-state index in [1.165, 1.54) is 32.2 Å². The Hall–Kier alpha value is -3.06. The highest BCUT2D eigenvalue weighted by molar-refractivity contribution is 6.31. The molecule has 1 aliphatic heterocycles. The molecule has 11 heteroatoms. The van der Waals surface area contributed by atoms with Crippen LogP contribution in [0.1, 0.15) is 75.8 Å². The van der Waals surface area contributed by atoms with Gasteiger partial charge >= 0.3 is 0 Å². The summed E-state index contributed by atoms with van der Waals surface area (Å²) in [5, 5.41) is 54.7. The highest BCUT2D eigenvalue weighted by atomic mass is 16.7. The first-order chi connectivity index (χ1) is 17.9. The SMILES string of the molecule is COc1cccc2c1C(=O)c1c(O)c3c(c(O)c1C2=O)CC(O)(C(C)O)CC3O[C@H]1C[C@H](N)[C@H](O)[C@H](C)O1. The lowest BCUT2D eigenvalue weighted by Crippen LogP contribution is -2.53. The van der Waals surface area contributed by atoms with Crippen molar-refractivity contribution >= 4 is 11.6 Å². The van der Waals surface area contributed by atoms with Crippen LogP contribution in [0, 0.1) is 0 Å². The molecule has 1 saturated heterocycles. The third-order valence-electron chi connectivity index (χ3n) is 7.95. The largest absolute Gasteiger partial charge is 0.507 e. The molecule has 7 atom stereocenters. The van der Waals surface area contributed by atoms with E-state index in [2.05, 4.69) is 0 Å². The van der Waals surface area contributed by atoms with Gasteiger partial charge in [-0.15, -0.1) is 0 Å². The maximum Gasteiger partial charge on any atom is 0.202 e. The molecule has 0 radical (unpaired) electrons. The van der Waals surface area contributed by atoms with Crippen LogP contribution < -0.4 is 10.5 Å². The highest BCUT2D eigenvalue weighted by Crippen LogP contribution is 2.52. The number of phenols is 2. The van der Waals surface area contributed by atoms with E-state index in [4.69, 9.17) is 19.9 Å². The third-order valence-corrected chi connectivity index (χ3v) is 7.95. The lowest BCUT2D eigenvalue weighted by molar-refractivity contribution is -0.250. The Kier molecular flexibility index (Phi) is 6.49. The number of rotatable bonds is 4. The number of carbonyl (C=O) groups excluding carboxylic acids is 2. The summed E-state index contributed by atoms with van der Waals surface area (Å²) in [6, 6.07) is 3.80. The van der Waals surface area contributed by atoms with Crippen LogP contribution in [-0.4, -0.2) is 80.5 Å². The maximum atomic E-state index is 13.6. The number of aliphatic hydroxyl groups is 3. The number of ether oxygens (including phenoxy) is 3. The molecule has 0 spiro atoms. The van der Waals surface area contributed by atoms with Crippen LogP contribution in [0.25, 0.3) is 0 Å². The fourth-order valence-electron chi connectivity index (χ4n) is 5.74. The lowest BCUT2D eigenvalue weighted by atomic mass is 9.71. The summed E-state index contributed by atoms with van der Waals surface area (Å²) in [5.41, 5.74) is 3.37. The number of nitrogens with two attached hydrogens (primary N) is 1. The van der Waals surface area contributed by atoms with Gasteiger partial charge in [0.25, 0.3) is 0 Å². The third kappa shape index (κ3) is 3.89. The zero-order chi connectivity index (χ0) is 27.7. The molecule has 1 fully saturated rings. The van der Waals surface area contributed by atoms with Gasteiger partial charge in [0.15, 0.2) is 12.1 Å². The number of benzene rings is 2. The molecule has 11 nitrogen and oxygen atoms in total. The number of phenolic OH excluding ortho intramolecular Hbond substituents is 2. The maximum absolute atomic E-state index is 13.6. The molecule has 5 rings (SSSR count). The van der Waals surface area contributed by atoms with Crippen LogP contribution >= 0.6 is 0 Å². The van der Waals surface area contributed by atoms with Crippen molar-refractivity contribution in [2.24, 2.45) is 5.73 Å². The molecule has 0 aromatic heterocycles. The summed E-state index contributed by atoms with van der Waals surface area (Å²) in [5.74, 6) is -2.44. The molecular formula is C27H31NO10. The van der Waals surface area contributed by atoms with Gasteiger partial charge in [-0.3, -0.25) is 9.59 Å². The van der Waals surface area contributed by atoms with Crippen molar-refractivity contribution in [3.05, 3.63) is 51.6 Å². The van der Waals surface area contributed by atoms with Gasteiger partial charge in [-0.2, -0.15) is 0 Å². The number of methoxy groups -OCH3 is 1. The highest BCUT2D eigenvalue weighted by Gasteiger charge is 2.49. The summed E-state index contributed by atoms with van der Waals surface area (Å²) >= 11 is 0. The predicted molar refractivity (Wildman–Crippen MR) is 131 cm³/mol. The fraction of sp³-hybridized carbons (Fsp3) is 0.481. The van der Waals surface area contributed by atoms with Crippen molar-refractivity contribution in [1.29, 1.82) is 0 Å². The Labute approximate surface area is 218 Å². The number of aliphatic hydroxyl groups excluding tert-OH is 2. The van der Waals surface area contributed by atoms with Gasteiger partial charge in [-0.05, 0) is 19.9 Å². The molecule has 3 unspecified atom stereocenters. The quantitative estimate of drug-likeness (QED) is 0.263. The van der Waals surface area contributed by atoms with Crippen molar-refractivity contribution in [3.63, 3.8) is 0 Å². The van der Waals surface area contributed by atoms with Gasteiger partial charge in [0, 0.05) is 42.0 Å². The van der Waals surface area contributed by atoms with Crippen molar-refractivity contribution in [2.75, 3.05) is 7.11 Å². The molecule has 38 heavy (non-hydrogen) atoms. The van der Waals surface area contributed by atoms with E-state index in [0.717, 1.165) is 0 Å². The molecule has 2 aromatic carbocycles. The number of fused-ring (bicyclic) bond motifs is 3. The van der Waals surface area contributed by atoms with Crippen LogP contribution in [0.3, 0.4) is 0 Å². The second-order valence-electron chi connectivity index (χ2n) is 10.3. The van der Waals surface area contributed by atoms with Crippen LogP contribution in [-0.2, 0) is 15.9 Å². The van der Waals surface area contributed by atoms with Crippen LogP contribution in [0.4, 0.5) is 0 Å². The minimum absolute atomic E-state index is 0.00187. The molecule has 1 heterocycles. The van der Waals surface area contributed by atoms with E-state index in [1.54, 1.807) is 6.92 Å². The van der Waals surface area contributed by atoms with Crippen LogP contribution in [0.2, 0.25) is 0 Å². The average molecular weight is 530 g/mol. The molecule has 0 saturated carbocycles. The number of ketones is 2. The molecule has 204 valence electrons. The van der Waals surface area contributed by atoms with Gasteiger partial charge in [-0.1, -0.05) is 12.1 Å². The zero-order valence-corrected chi connectivity index (χ0v) is 21.2. The summed E-state index contributed by atoms with van der Waals surface area (Å²) in [6.07, 6.45) is -5.47. The van der Waals surface area contributed by atoms with E-state index in [9.17, 15) is 35.1 Å². The Morgan fingerprint density at radius 3 is 2.45 bits per heavy atom. The number of hydrogen-bond donors (Lipinski definition) is 6. The molecule has 2 aromatic rings. The Bertz CT molecular complexity index is 1310. The fourth-order valence-corrected chi connectivity index (χ4v) is 5.74. The second-order valence-corrected chi connectivity index (χ2v) is 10.3. The summed E-state index contributed by atoms with van der Waals surface area (Å²) < 4.78 is 17.1. The van der Waals surface area contributed by atoms with Crippen LogP contribution in [0.15, 0.2) is 18.2 Å². The first kappa shape index (κ1) is 26.5. The number of hydrogen-bond acceptors (Lipinski definition) is 11. The Balaban J connectivity index is 1.68. The number of carbonyl (C=O) groups is 2. The summed E-state index contributed by atoms with van der Waals surface area (Å²) in [7, 11) is 1.35. The molecule has 2 aliphatic carbocycles. The smallest absolute Gasteiger partial charge is 0.202 e. The van der Waals surface area contributed by atoms with Crippen LogP contribution in [0.5, 0.6) is 17.2 Å². The van der Waals surface area contributed by atoms with Gasteiger partial charge in [-0.25, -0.2) is 0 Å². The summed E-state index contributed by atoms with van der Waals surface area (Å²) in [4.78, 5) is 27.1. The molecular weight excluding hydrogens is 498 g/mol. The topological polar surface area (TPSA) is 189 Å². The second kappa shape index (κ2) is 9.30. The Morgan fingerprint density at radius 1 is 1.13 bits per heavy atom. The predicted octanol–water partition coefficient (Wildman–Crippen LogP) is 0.821. The average Bonchev–Trinajstić information content (AvgIpc) is 2.87. The number of aromatic hydroxyl groups is 2. The van der Waals surface area contributed by atoms with Gasteiger partial charge in [0.2, 0.25) is 5.78 Å². The normalized spacial score (nSPS) is 31.3. The van der Waals surface area contributed by atoms with Crippen molar-refractivity contribution < 1.29 is 49.3 Å². The first-order valence-corrected chi connectivity index (χ1v) is 12.4. The van der Waals surface area contributed by atoms with Gasteiger partial charge in [0.05, 0.1) is 53.8 Å². The van der Waals surface area contributed by atoms with Gasteiger partial charge < -0.3 is 45.5 Å². The minimum Gasteiger partial charge on any atom is -0.507 e. The van der Waals surface area contributed by atoms with E-state index >= 15 is 0 Å². The summed E-state index contributed by atoms with van der Waals surface area (Å²) in [6.45, 7) is 3.00. The van der Waals surface area contributed by atoms with E-state index in [1.807, 2.05) is 0 Å².